The molecule has 2 saturated heterocycles. The Morgan fingerprint density at radius 2 is 2.24 bits per heavy atom. The van der Waals surface area contributed by atoms with Gasteiger partial charge in [0.2, 0.25) is 5.91 Å². The molecule has 2 bridgehead atoms. The van der Waals surface area contributed by atoms with E-state index < -0.39 is 11.5 Å². The Kier molecular flexibility index (Phi) is 2.89. The number of carbonyl (C=O) groups is 2. The lowest BCUT2D eigenvalue weighted by Gasteiger charge is -2.26. The summed E-state index contributed by atoms with van der Waals surface area (Å²) in [5.41, 5.74) is -0.582. The van der Waals surface area contributed by atoms with Crippen molar-refractivity contribution in [2.24, 2.45) is 11.8 Å². The molecule has 114 valence electrons. The summed E-state index contributed by atoms with van der Waals surface area (Å²) in [7, 11) is 0. The van der Waals surface area contributed by atoms with Crippen LogP contribution < -0.4 is 0 Å². The molecule has 0 N–H and O–H groups in total. The number of hydrogen-bond acceptors (Lipinski definition) is 4. The van der Waals surface area contributed by atoms with Crippen LogP contribution in [0, 0.1) is 11.8 Å². The predicted octanol–water partition coefficient (Wildman–Crippen LogP) is 1.27. The van der Waals surface area contributed by atoms with Gasteiger partial charge in [0.1, 0.15) is 11.5 Å². The molecular formula is C16H21NO4. The monoisotopic (exact) mass is 291 g/mol. The molecule has 1 aliphatic carbocycles. The van der Waals surface area contributed by atoms with Crippen molar-refractivity contribution in [3.8, 4) is 0 Å². The number of rotatable bonds is 3. The molecule has 0 unspecified atom stereocenters. The van der Waals surface area contributed by atoms with E-state index >= 15 is 0 Å². The van der Waals surface area contributed by atoms with Crippen molar-refractivity contribution in [1.82, 2.24) is 4.90 Å². The van der Waals surface area contributed by atoms with Crippen molar-refractivity contribution in [2.75, 3.05) is 13.2 Å². The van der Waals surface area contributed by atoms with E-state index in [0.717, 1.165) is 12.8 Å². The van der Waals surface area contributed by atoms with Crippen LogP contribution in [0.5, 0.6) is 0 Å². The molecule has 4 rings (SSSR count). The van der Waals surface area contributed by atoms with Crippen LogP contribution in [0.15, 0.2) is 12.2 Å². The first-order chi connectivity index (χ1) is 10.2. The van der Waals surface area contributed by atoms with Crippen molar-refractivity contribution >= 4 is 11.9 Å². The molecule has 0 aromatic rings. The van der Waals surface area contributed by atoms with E-state index in [0.29, 0.717) is 19.2 Å². The van der Waals surface area contributed by atoms with Crippen molar-refractivity contribution in [1.29, 1.82) is 0 Å². The molecule has 1 amide bonds. The number of hydrogen-bond donors (Lipinski definition) is 0. The Hall–Kier alpha value is -1.36. The lowest BCUT2D eigenvalue weighted by atomic mass is 9.77. The van der Waals surface area contributed by atoms with Gasteiger partial charge in [0.05, 0.1) is 25.2 Å². The van der Waals surface area contributed by atoms with Gasteiger partial charge in [0.25, 0.3) is 0 Å². The molecule has 21 heavy (non-hydrogen) atoms. The third-order valence-electron chi connectivity index (χ3n) is 5.45. The average Bonchev–Trinajstić information content (AvgIpc) is 3.19. The fourth-order valence-corrected chi connectivity index (χ4v) is 4.56. The number of nitrogens with zero attached hydrogens (tertiary/aromatic N) is 1. The molecule has 3 fully saturated rings. The Morgan fingerprint density at radius 3 is 2.95 bits per heavy atom. The second-order valence-corrected chi connectivity index (χ2v) is 6.56. The van der Waals surface area contributed by atoms with Crippen LogP contribution in [-0.4, -0.2) is 47.7 Å². The molecule has 0 aromatic heterocycles. The predicted molar refractivity (Wildman–Crippen MR) is 74.3 cm³/mol. The third kappa shape index (κ3) is 1.73. The first-order valence-electron chi connectivity index (χ1n) is 8.00. The zero-order valence-electron chi connectivity index (χ0n) is 12.3. The molecule has 5 nitrogen and oxygen atoms in total. The van der Waals surface area contributed by atoms with Crippen LogP contribution in [-0.2, 0) is 19.1 Å². The highest BCUT2D eigenvalue weighted by molar-refractivity contribution is 5.91. The minimum atomic E-state index is -0.582. The Morgan fingerprint density at radius 1 is 1.48 bits per heavy atom. The van der Waals surface area contributed by atoms with E-state index in [2.05, 4.69) is 0 Å². The van der Waals surface area contributed by atoms with Crippen molar-refractivity contribution < 1.29 is 19.1 Å². The molecule has 0 aromatic carbocycles. The van der Waals surface area contributed by atoms with E-state index in [1.54, 1.807) is 6.92 Å². The number of fused-ring (bicyclic) bond motifs is 1. The van der Waals surface area contributed by atoms with Gasteiger partial charge in [-0.05, 0) is 19.8 Å². The molecule has 3 aliphatic heterocycles. The molecule has 4 atom stereocenters. The summed E-state index contributed by atoms with van der Waals surface area (Å²) >= 11 is 0. The van der Waals surface area contributed by atoms with Crippen LogP contribution in [0.3, 0.4) is 0 Å². The van der Waals surface area contributed by atoms with Crippen molar-refractivity contribution in [3.05, 3.63) is 12.2 Å². The van der Waals surface area contributed by atoms with Gasteiger partial charge in [0.15, 0.2) is 0 Å². The fraction of sp³-hybridized carbons (Fsp3) is 0.750. The summed E-state index contributed by atoms with van der Waals surface area (Å²) in [6.07, 6.45) is 8.18. The molecule has 0 radical (unpaired) electrons. The number of esters is 1. The van der Waals surface area contributed by atoms with Gasteiger partial charge in [0, 0.05) is 6.04 Å². The average molecular weight is 291 g/mol. The van der Waals surface area contributed by atoms with Gasteiger partial charge >= 0.3 is 5.97 Å². The highest BCUT2D eigenvalue weighted by Crippen LogP contribution is 2.53. The molecular weight excluding hydrogens is 270 g/mol. The maximum atomic E-state index is 12.9. The van der Waals surface area contributed by atoms with Gasteiger partial charge in [-0.2, -0.15) is 0 Å². The van der Waals surface area contributed by atoms with Gasteiger partial charge in [-0.15, -0.1) is 0 Å². The summed E-state index contributed by atoms with van der Waals surface area (Å²) < 4.78 is 11.2. The second-order valence-electron chi connectivity index (χ2n) is 6.56. The minimum Gasteiger partial charge on any atom is -0.466 e. The molecule has 4 aliphatic rings. The number of carbonyl (C=O) groups excluding carboxylic acids is 2. The van der Waals surface area contributed by atoms with Crippen LogP contribution >= 0.6 is 0 Å². The summed E-state index contributed by atoms with van der Waals surface area (Å²) in [5, 5.41) is 0. The van der Waals surface area contributed by atoms with Crippen molar-refractivity contribution in [3.63, 3.8) is 0 Å². The topological polar surface area (TPSA) is 55.8 Å². The minimum absolute atomic E-state index is 0.0896. The Bertz CT molecular complexity index is 510. The zero-order valence-corrected chi connectivity index (χ0v) is 12.3. The molecule has 5 heteroatoms. The first-order valence-corrected chi connectivity index (χ1v) is 8.00. The number of ether oxygens (including phenoxy) is 2. The number of amides is 1. The normalized spacial score (nSPS) is 41.1. The second kappa shape index (κ2) is 4.57. The Labute approximate surface area is 124 Å². The van der Waals surface area contributed by atoms with Crippen LogP contribution in [0.4, 0.5) is 0 Å². The van der Waals surface area contributed by atoms with E-state index in [1.165, 1.54) is 12.8 Å². The quantitative estimate of drug-likeness (QED) is 0.580. The van der Waals surface area contributed by atoms with Crippen LogP contribution in [0.2, 0.25) is 0 Å². The first kappa shape index (κ1) is 13.3. The van der Waals surface area contributed by atoms with Crippen molar-refractivity contribution in [2.45, 2.75) is 50.4 Å². The van der Waals surface area contributed by atoms with Crippen LogP contribution in [0.1, 0.15) is 32.6 Å². The standard InChI is InChI=1S/C16H21NO4/c1-2-20-15(19)12-11-7-8-16(21-11)9-17(14(18)13(12)16)10-5-3-4-6-10/h7-8,10-13H,2-6,9H2,1H3/t11-,12+,13+,16-/m0/s1. The smallest absolute Gasteiger partial charge is 0.312 e. The maximum absolute atomic E-state index is 12.9. The van der Waals surface area contributed by atoms with E-state index in [1.807, 2.05) is 17.1 Å². The Balaban J connectivity index is 1.63. The highest BCUT2D eigenvalue weighted by Gasteiger charge is 2.67. The van der Waals surface area contributed by atoms with Gasteiger partial charge < -0.3 is 14.4 Å². The summed E-state index contributed by atoms with van der Waals surface area (Å²) in [5.74, 6) is -1.05. The third-order valence-corrected chi connectivity index (χ3v) is 5.45. The van der Waals surface area contributed by atoms with E-state index in [-0.39, 0.29) is 23.9 Å². The lowest BCUT2D eigenvalue weighted by molar-refractivity contribution is -0.153. The largest absolute Gasteiger partial charge is 0.466 e. The summed E-state index contributed by atoms with van der Waals surface area (Å²) in [6, 6.07) is 0.330. The maximum Gasteiger partial charge on any atom is 0.312 e. The lowest BCUT2D eigenvalue weighted by Crippen LogP contribution is -2.41. The summed E-state index contributed by atoms with van der Waals surface area (Å²) in [6.45, 7) is 2.73. The van der Waals surface area contributed by atoms with E-state index in [4.69, 9.17) is 9.47 Å². The molecule has 1 saturated carbocycles. The zero-order chi connectivity index (χ0) is 14.6. The van der Waals surface area contributed by atoms with Gasteiger partial charge in [-0.1, -0.05) is 25.0 Å². The summed E-state index contributed by atoms with van der Waals surface area (Å²) in [4.78, 5) is 27.1. The van der Waals surface area contributed by atoms with E-state index in [9.17, 15) is 9.59 Å². The molecule has 3 heterocycles. The van der Waals surface area contributed by atoms with Gasteiger partial charge in [-0.25, -0.2) is 0 Å². The SMILES string of the molecule is CCOC(=O)[C@@H]1[C@@H]2C=C[C@@]3(CN(C4CCCC4)C(=O)[C@@H]13)O2. The fourth-order valence-electron chi connectivity index (χ4n) is 4.56. The van der Waals surface area contributed by atoms with Gasteiger partial charge in [-0.3, -0.25) is 9.59 Å². The highest BCUT2D eigenvalue weighted by atomic mass is 16.6. The van der Waals surface area contributed by atoms with Crippen LogP contribution in [0.25, 0.3) is 0 Å². The number of likely N-dealkylation sites (tertiary alicyclic amines) is 1. The molecule has 1 spiro atoms.